The van der Waals surface area contributed by atoms with E-state index in [2.05, 4.69) is 229 Å². The van der Waals surface area contributed by atoms with Crippen LogP contribution in [-0.4, -0.2) is 0 Å². The van der Waals surface area contributed by atoms with Gasteiger partial charge in [0.2, 0.25) is 0 Å². The molecule has 11 rings (SSSR count). The van der Waals surface area contributed by atoms with Gasteiger partial charge in [0, 0.05) is 22.2 Å². The molecule has 11 aromatic rings. The normalized spacial score (nSPS) is 11.4. The Morgan fingerprint density at radius 2 is 0.914 bits per heavy atom. The highest BCUT2D eigenvalue weighted by Gasteiger charge is 2.25. The SMILES string of the molecule is c1ccc(-c2ccccc2-c2cccc(N(c3ccccc3-c3cccc4ccccc34)c3ccc(-c4ccc5ccccc5c4)c4oc5ccccc5c34)c2)cc1. The number of para-hydroxylation sites is 2. The van der Waals surface area contributed by atoms with Gasteiger partial charge in [0.25, 0.3) is 0 Å². The third-order valence-corrected chi connectivity index (χ3v) is 11.5. The lowest BCUT2D eigenvalue weighted by atomic mass is 9.93. The molecule has 0 aliphatic heterocycles. The number of anilines is 3. The molecule has 2 nitrogen and oxygen atoms in total. The Morgan fingerprint density at radius 1 is 0.310 bits per heavy atom. The average Bonchev–Trinajstić information content (AvgIpc) is 3.69. The molecule has 2 heteroatoms. The maximum Gasteiger partial charge on any atom is 0.145 e. The van der Waals surface area contributed by atoms with E-state index in [1.165, 1.54) is 43.8 Å². The van der Waals surface area contributed by atoms with E-state index in [-0.39, 0.29) is 0 Å². The number of benzene rings is 10. The standard InChI is InChI=1S/C56H37NO/c1-2-17-39(18-3-1)45-24-8-9-26-47(45)42-22-14-23-44(37-42)57(52-30-12-10-27-50(52)49-29-15-21-40-19-6-7-25-46(40)49)53-35-34-48(43-33-32-38-16-4-5-20-41(38)36-43)56-55(53)51-28-11-13-31-54(51)58-56/h1-37H. The Labute approximate surface area is 337 Å². The molecule has 1 aromatic heterocycles. The van der Waals surface area contributed by atoms with Crippen molar-refractivity contribution < 1.29 is 4.42 Å². The molecule has 272 valence electrons. The smallest absolute Gasteiger partial charge is 0.145 e. The van der Waals surface area contributed by atoms with E-state index >= 15 is 0 Å². The van der Waals surface area contributed by atoms with Crippen molar-refractivity contribution >= 4 is 60.5 Å². The maximum absolute atomic E-state index is 6.92. The van der Waals surface area contributed by atoms with Gasteiger partial charge in [-0.05, 0) is 97.4 Å². The Hall–Kier alpha value is -7.68. The fourth-order valence-electron chi connectivity index (χ4n) is 8.76. The van der Waals surface area contributed by atoms with Gasteiger partial charge in [-0.3, -0.25) is 0 Å². The zero-order valence-electron chi connectivity index (χ0n) is 31.7. The summed E-state index contributed by atoms with van der Waals surface area (Å²) in [7, 11) is 0. The Bertz CT molecular complexity index is 3300. The highest BCUT2D eigenvalue weighted by atomic mass is 16.3. The number of furan rings is 1. The molecule has 58 heavy (non-hydrogen) atoms. The van der Waals surface area contributed by atoms with Crippen molar-refractivity contribution in [1.82, 2.24) is 0 Å². The van der Waals surface area contributed by atoms with Gasteiger partial charge in [0.15, 0.2) is 0 Å². The molecule has 0 aliphatic rings. The molecule has 0 atom stereocenters. The highest BCUT2D eigenvalue weighted by molar-refractivity contribution is 6.18. The molecule has 0 radical (unpaired) electrons. The molecule has 0 fully saturated rings. The van der Waals surface area contributed by atoms with Gasteiger partial charge in [-0.2, -0.15) is 0 Å². The van der Waals surface area contributed by atoms with Crippen LogP contribution in [0, 0.1) is 0 Å². The molecule has 0 spiro atoms. The Kier molecular flexibility index (Phi) is 8.19. The lowest BCUT2D eigenvalue weighted by Gasteiger charge is -2.29. The summed E-state index contributed by atoms with van der Waals surface area (Å²) in [5.74, 6) is 0. The lowest BCUT2D eigenvalue weighted by Crippen LogP contribution is -2.12. The third-order valence-electron chi connectivity index (χ3n) is 11.5. The number of rotatable bonds is 7. The van der Waals surface area contributed by atoms with Gasteiger partial charge in [-0.1, -0.05) is 182 Å². The van der Waals surface area contributed by atoms with Crippen LogP contribution >= 0.6 is 0 Å². The number of nitrogens with zero attached hydrogens (tertiary/aromatic N) is 1. The Balaban J connectivity index is 1.20. The summed E-state index contributed by atoms with van der Waals surface area (Å²) in [5.41, 5.74) is 14.1. The van der Waals surface area contributed by atoms with Crippen LogP contribution in [0.3, 0.4) is 0 Å². The third kappa shape index (κ3) is 5.74. The van der Waals surface area contributed by atoms with Crippen LogP contribution in [0.25, 0.3) is 88.0 Å². The van der Waals surface area contributed by atoms with Crippen molar-refractivity contribution in [2.24, 2.45) is 0 Å². The summed E-state index contributed by atoms with van der Waals surface area (Å²) in [4.78, 5) is 2.44. The number of hydrogen-bond acceptors (Lipinski definition) is 2. The van der Waals surface area contributed by atoms with E-state index in [1.54, 1.807) is 0 Å². The minimum atomic E-state index is 0.861. The van der Waals surface area contributed by atoms with E-state index in [9.17, 15) is 0 Å². The molecular weight excluding hydrogens is 703 g/mol. The summed E-state index contributed by atoms with van der Waals surface area (Å²) < 4.78 is 6.92. The summed E-state index contributed by atoms with van der Waals surface area (Å²) in [6.45, 7) is 0. The summed E-state index contributed by atoms with van der Waals surface area (Å²) in [6, 6.07) is 80.7. The first-order valence-corrected chi connectivity index (χ1v) is 19.8. The lowest BCUT2D eigenvalue weighted by molar-refractivity contribution is 0.670. The molecule has 0 N–H and O–H groups in total. The van der Waals surface area contributed by atoms with Crippen LogP contribution in [0.2, 0.25) is 0 Å². The van der Waals surface area contributed by atoms with E-state index < -0.39 is 0 Å². The van der Waals surface area contributed by atoms with Crippen molar-refractivity contribution in [1.29, 1.82) is 0 Å². The van der Waals surface area contributed by atoms with Crippen LogP contribution in [0.4, 0.5) is 17.1 Å². The maximum atomic E-state index is 6.92. The minimum absolute atomic E-state index is 0.861. The van der Waals surface area contributed by atoms with Crippen molar-refractivity contribution in [2.45, 2.75) is 0 Å². The van der Waals surface area contributed by atoms with Gasteiger partial charge in [0.05, 0.1) is 16.8 Å². The van der Waals surface area contributed by atoms with Crippen molar-refractivity contribution in [3.63, 3.8) is 0 Å². The molecule has 10 aromatic carbocycles. The van der Waals surface area contributed by atoms with Crippen molar-refractivity contribution in [3.05, 3.63) is 224 Å². The second-order valence-electron chi connectivity index (χ2n) is 14.8. The number of hydrogen-bond donors (Lipinski definition) is 0. The van der Waals surface area contributed by atoms with Crippen LogP contribution in [-0.2, 0) is 0 Å². The van der Waals surface area contributed by atoms with E-state index in [4.69, 9.17) is 4.42 Å². The predicted molar refractivity (Wildman–Crippen MR) is 245 cm³/mol. The molecular formula is C56H37NO. The average molecular weight is 740 g/mol. The van der Waals surface area contributed by atoms with Gasteiger partial charge in [-0.25, -0.2) is 0 Å². The van der Waals surface area contributed by atoms with Crippen LogP contribution in [0.1, 0.15) is 0 Å². The largest absolute Gasteiger partial charge is 0.455 e. The predicted octanol–water partition coefficient (Wildman–Crippen LogP) is 16.0. The first kappa shape index (κ1) is 33.6. The molecule has 1 heterocycles. The molecule has 0 saturated carbocycles. The molecule has 0 saturated heterocycles. The zero-order chi connectivity index (χ0) is 38.4. The molecule has 0 aliphatic carbocycles. The Morgan fingerprint density at radius 3 is 1.78 bits per heavy atom. The van der Waals surface area contributed by atoms with Gasteiger partial charge >= 0.3 is 0 Å². The fourth-order valence-corrected chi connectivity index (χ4v) is 8.76. The summed E-state index contributed by atoms with van der Waals surface area (Å²) in [6.07, 6.45) is 0. The monoisotopic (exact) mass is 739 g/mol. The van der Waals surface area contributed by atoms with Crippen LogP contribution < -0.4 is 4.90 Å². The van der Waals surface area contributed by atoms with Crippen LogP contribution in [0.5, 0.6) is 0 Å². The minimum Gasteiger partial charge on any atom is -0.455 e. The summed E-state index contributed by atoms with van der Waals surface area (Å²) in [5, 5.41) is 7.00. The van der Waals surface area contributed by atoms with Gasteiger partial charge in [-0.15, -0.1) is 0 Å². The van der Waals surface area contributed by atoms with Gasteiger partial charge in [0.1, 0.15) is 11.2 Å². The first-order valence-electron chi connectivity index (χ1n) is 19.8. The molecule has 0 amide bonds. The fraction of sp³-hybridized carbons (Fsp3) is 0. The molecule has 0 unspecified atom stereocenters. The summed E-state index contributed by atoms with van der Waals surface area (Å²) >= 11 is 0. The first-order chi connectivity index (χ1) is 28.8. The highest BCUT2D eigenvalue weighted by Crippen LogP contribution is 2.49. The van der Waals surface area contributed by atoms with Crippen molar-refractivity contribution in [2.75, 3.05) is 4.90 Å². The topological polar surface area (TPSA) is 16.4 Å². The molecule has 0 bridgehead atoms. The van der Waals surface area contributed by atoms with E-state index in [0.29, 0.717) is 0 Å². The van der Waals surface area contributed by atoms with Crippen LogP contribution in [0.15, 0.2) is 229 Å². The second-order valence-corrected chi connectivity index (χ2v) is 14.8. The van der Waals surface area contributed by atoms with E-state index in [0.717, 1.165) is 61.3 Å². The van der Waals surface area contributed by atoms with Crippen molar-refractivity contribution in [3.8, 4) is 44.5 Å². The van der Waals surface area contributed by atoms with E-state index in [1.807, 2.05) is 0 Å². The number of fused-ring (bicyclic) bond motifs is 5. The zero-order valence-corrected chi connectivity index (χ0v) is 31.7. The quantitative estimate of drug-likeness (QED) is 0.162. The van der Waals surface area contributed by atoms with Gasteiger partial charge < -0.3 is 9.32 Å². The second kappa shape index (κ2) is 14.1.